The van der Waals surface area contributed by atoms with Crippen molar-refractivity contribution in [1.29, 1.82) is 0 Å². The maximum absolute atomic E-state index is 10.9. The Morgan fingerprint density at radius 2 is 1.19 bits per heavy atom. The molecule has 124 valence electrons. The van der Waals surface area contributed by atoms with Crippen molar-refractivity contribution < 1.29 is 9.59 Å². The Morgan fingerprint density at radius 1 is 0.714 bits per heavy atom. The second-order valence-corrected chi connectivity index (χ2v) is 7.11. The third-order valence-corrected chi connectivity index (χ3v) is 4.48. The normalized spacial score (nSPS) is 12.6. The van der Waals surface area contributed by atoms with Crippen LogP contribution in [0.25, 0.3) is 0 Å². The van der Waals surface area contributed by atoms with E-state index in [1.165, 1.54) is 38.5 Å². The summed E-state index contributed by atoms with van der Waals surface area (Å²) in [5, 5.41) is -0.429. The van der Waals surface area contributed by atoms with E-state index in [2.05, 4.69) is 13.8 Å². The summed E-state index contributed by atoms with van der Waals surface area (Å²) in [5.41, 5.74) is 0. The molecule has 1 atom stereocenters. The highest BCUT2D eigenvalue weighted by molar-refractivity contribution is 6.63. The molecule has 0 amide bonds. The Labute approximate surface area is 140 Å². The van der Waals surface area contributed by atoms with Crippen molar-refractivity contribution in [3.63, 3.8) is 0 Å². The first-order valence-corrected chi connectivity index (χ1v) is 9.05. The standard InChI is InChI=1S/C17H30Cl2O2/c1-14(2)15(12-13-17(19)21)10-8-6-4-3-5-7-9-11-16(18)20/h14-15H,3-13H2,1-2H3. The smallest absolute Gasteiger partial charge is 0.221 e. The topological polar surface area (TPSA) is 34.1 Å². The van der Waals surface area contributed by atoms with Gasteiger partial charge in [-0.05, 0) is 47.9 Å². The van der Waals surface area contributed by atoms with Gasteiger partial charge in [0.1, 0.15) is 0 Å². The van der Waals surface area contributed by atoms with Crippen molar-refractivity contribution in [2.45, 2.75) is 84.5 Å². The van der Waals surface area contributed by atoms with Gasteiger partial charge in [0.2, 0.25) is 10.5 Å². The Morgan fingerprint density at radius 3 is 1.67 bits per heavy atom. The zero-order chi connectivity index (χ0) is 16.1. The first-order valence-electron chi connectivity index (χ1n) is 8.30. The molecule has 0 radical (unpaired) electrons. The summed E-state index contributed by atoms with van der Waals surface area (Å²) in [5.74, 6) is 1.23. The molecule has 0 saturated carbocycles. The second kappa shape index (κ2) is 13.6. The molecule has 0 saturated heterocycles. The summed E-state index contributed by atoms with van der Waals surface area (Å²) in [4.78, 5) is 21.4. The van der Waals surface area contributed by atoms with Gasteiger partial charge in [0, 0.05) is 12.8 Å². The molecule has 21 heavy (non-hydrogen) atoms. The van der Waals surface area contributed by atoms with Crippen LogP contribution in [0.4, 0.5) is 0 Å². The maximum Gasteiger partial charge on any atom is 0.221 e. The van der Waals surface area contributed by atoms with Gasteiger partial charge in [0.05, 0.1) is 0 Å². The van der Waals surface area contributed by atoms with E-state index in [1.54, 1.807) is 0 Å². The van der Waals surface area contributed by atoms with Gasteiger partial charge in [0.15, 0.2) is 0 Å². The number of carbonyl (C=O) groups is 2. The molecule has 2 nitrogen and oxygen atoms in total. The van der Waals surface area contributed by atoms with Gasteiger partial charge >= 0.3 is 0 Å². The van der Waals surface area contributed by atoms with Crippen LogP contribution < -0.4 is 0 Å². The molecular weight excluding hydrogens is 307 g/mol. The molecule has 0 aliphatic carbocycles. The minimum absolute atomic E-state index is 0.212. The van der Waals surface area contributed by atoms with E-state index in [1.807, 2.05) is 0 Å². The fourth-order valence-electron chi connectivity index (χ4n) is 2.66. The van der Waals surface area contributed by atoms with Gasteiger partial charge < -0.3 is 0 Å². The molecule has 0 rings (SSSR count). The largest absolute Gasteiger partial charge is 0.281 e. The third kappa shape index (κ3) is 14.6. The lowest BCUT2D eigenvalue weighted by atomic mass is 9.86. The van der Waals surface area contributed by atoms with Crippen molar-refractivity contribution in [2.75, 3.05) is 0 Å². The predicted molar refractivity (Wildman–Crippen MR) is 90.8 cm³/mol. The monoisotopic (exact) mass is 336 g/mol. The Hall–Kier alpha value is -0.0800. The molecule has 0 aromatic rings. The van der Waals surface area contributed by atoms with Gasteiger partial charge in [-0.3, -0.25) is 9.59 Å². The van der Waals surface area contributed by atoms with Gasteiger partial charge in [-0.2, -0.15) is 0 Å². The van der Waals surface area contributed by atoms with Crippen LogP contribution in [0.2, 0.25) is 0 Å². The van der Waals surface area contributed by atoms with Gasteiger partial charge in [0.25, 0.3) is 0 Å². The van der Waals surface area contributed by atoms with Crippen LogP contribution in [0, 0.1) is 11.8 Å². The average molecular weight is 337 g/mol. The minimum Gasteiger partial charge on any atom is -0.281 e. The van der Waals surface area contributed by atoms with Crippen molar-refractivity contribution in [3.8, 4) is 0 Å². The van der Waals surface area contributed by atoms with Gasteiger partial charge in [-0.1, -0.05) is 58.8 Å². The molecule has 0 N–H and O–H groups in total. The maximum atomic E-state index is 10.9. The molecule has 0 bridgehead atoms. The Balaban J connectivity index is 3.49. The van der Waals surface area contributed by atoms with E-state index in [0.29, 0.717) is 24.7 Å². The highest BCUT2D eigenvalue weighted by Gasteiger charge is 2.14. The van der Waals surface area contributed by atoms with E-state index >= 15 is 0 Å². The van der Waals surface area contributed by atoms with Crippen LogP contribution in [-0.4, -0.2) is 10.5 Å². The van der Waals surface area contributed by atoms with Crippen molar-refractivity contribution >= 4 is 33.7 Å². The number of rotatable bonds is 14. The number of halogens is 2. The van der Waals surface area contributed by atoms with E-state index in [4.69, 9.17) is 23.2 Å². The summed E-state index contributed by atoms with van der Waals surface area (Å²) in [6, 6.07) is 0. The van der Waals surface area contributed by atoms with Crippen molar-refractivity contribution in [1.82, 2.24) is 0 Å². The lowest BCUT2D eigenvalue weighted by Crippen LogP contribution is -2.10. The van der Waals surface area contributed by atoms with E-state index < -0.39 is 0 Å². The van der Waals surface area contributed by atoms with E-state index in [-0.39, 0.29) is 10.5 Å². The van der Waals surface area contributed by atoms with Crippen LogP contribution in [0.5, 0.6) is 0 Å². The number of hydrogen-bond acceptors (Lipinski definition) is 2. The van der Waals surface area contributed by atoms with Crippen LogP contribution in [0.3, 0.4) is 0 Å². The zero-order valence-electron chi connectivity index (χ0n) is 13.5. The molecule has 0 aromatic carbocycles. The van der Waals surface area contributed by atoms with Crippen molar-refractivity contribution in [3.05, 3.63) is 0 Å². The van der Waals surface area contributed by atoms with E-state index in [9.17, 15) is 9.59 Å². The first kappa shape index (κ1) is 20.9. The highest BCUT2D eigenvalue weighted by Crippen LogP contribution is 2.24. The summed E-state index contributed by atoms with van der Waals surface area (Å²) in [6.45, 7) is 4.45. The number of unbranched alkanes of at least 4 members (excludes halogenated alkanes) is 6. The van der Waals surface area contributed by atoms with Crippen LogP contribution in [-0.2, 0) is 9.59 Å². The second-order valence-electron chi connectivity index (χ2n) is 6.27. The molecule has 0 heterocycles. The SMILES string of the molecule is CC(C)C(CCCCCCCCCC(=O)Cl)CCC(=O)Cl. The average Bonchev–Trinajstić information content (AvgIpc) is 2.39. The quantitative estimate of drug-likeness (QED) is 0.284. The van der Waals surface area contributed by atoms with Gasteiger partial charge in [-0.15, -0.1) is 0 Å². The van der Waals surface area contributed by atoms with Crippen LogP contribution in [0.1, 0.15) is 84.5 Å². The predicted octanol–water partition coefficient (Wildman–Crippen LogP) is 6.08. The molecule has 1 unspecified atom stereocenters. The van der Waals surface area contributed by atoms with Gasteiger partial charge in [-0.25, -0.2) is 0 Å². The number of carbonyl (C=O) groups excluding carboxylic acids is 2. The molecule has 0 aromatic heterocycles. The lowest BCUT2D eigenvalue weighted by molar-refractivity contribution is -0.112. The summed E-state index contributed by atoms with van der Waals surface area (Å²) in [6.07, 6.45) is 11.3. The molecule has 4 heteroatoms. The summed E-state index contributed by atoms with van der Waals surface area (Å²) < 4.78 is 0. The Bertz CT molecular complexity index is 291. The fourth-order valence-corrected chi connectivity index (χ4v) is 2.91. The third-order valence-electron chi connectivity index (χ3n) is 4.10. The summed E-state index contributed by atoms with van der Waals surface area (Å²) in [7, 11) is 0. The highest BCUT2D eigenvalue weighted by atomic mass is 35.5. The molecule has 0 aliphatic heterocycles. The molecule has 0 spiro atoms. The summed E-state index contributed by atoms with van der Waals surface area (Å²) >= 11 is 10.7. The number of hydrogen-bond donors (Lipinski definition) is 0. The lowest BCUT2D eigenvalue weighted by Gasteiger charge is -2.20. The fraction of sp³-hybridized carbons (Fsp3) is 0.882. The van der Waals surface area contributed by atoms with Crippen LogP contribution in [0.15, 0.2) is 0 Å². The first-order chi connectivity index (χ1) is 9.93. The van der Waals surface area contributed by atoms with E-state index in [0.717, 1.165) is 19.3 Å². The van der Waals surface area contributed by atoms with Crippen LogP contribution >= 0.6 is 23.2 Å². The molecule has 0 aliphatic rings. The zero-order valence-corrected chi connectivity index (χ0v) is 15.0. The van der Waals surface area contributed by atoms with Crippen molar-refractivity contribution in [2.24, 2.45) is 11.8 Å². The molecule has 0 fully saturated rings. The molecular formula is C17H30Cl2O2. The Kier molecular flexibility index (Phi) is 13.5. The minimum atomic E-state index is -0.217.